The maximum absolute atomic E-state index is 10.2. The Morgan fingerprint density at radius 3 is 2.40 bits per heavy atom. The van der Waals surface area contributed by atoms with E-state index in [9.17, 15) is 4.79 Å². The molecule has 0 atom stereocenters. The van der Waals surface area contributed by atoms with Crippen molar-refractivity contribution in [1.82, 2.24) is 0 Å². The van der Waals surface area contributed by atoms with Crippen LogP contribution in [0.2, 0.25) is 10.0 Å². The highest BCUT2D eigenvalue weighted by Gasteiger charge is 2.05. The van der Waals surface area contributed by atoms with Gasteiger partial charge in [-0.15, -0.1) is 0 Å². The van der Waals surface area contributed by atoms with Crippen LogP contribution < -0.4 is 5.32 Å². The highest BCUT2D eigenvalue weighted by Crippen LogP contribution is 2.33. The highest BCUT2D eigenvalue weighted by atomic mass is 79.9. The Bertz CT molecular complexity index is 398. The number of carboxylic acids is 1. The van der Waals surface area contributed by atoms with Gasteiger partial charge in [-0.3, -0.25) is 0 Å². The van der Waals surface area contributed by atoms with Gasteiger partial charge in [-0.25, -0.2) is 4.79 Å². The number of aliphatic carboxylic acids is 1. The van der Waals surface area contributed by atoms with Crippen LogP contribution in [-0.4, -0.2) is 11.1 Å². The Hall–Kier alpha value is -0.710. The average Bonchev–Trinajstić information content (AvgIpc) is 2.08. The van der Waals surface area contributed by atoms with Crippen molar-refractivity contribution in [1.29, 1.82) is 0 Å². The van der Waals surface area contributed by atoms with Crippen molar-refractivity contribution >= 4 is 50.8 Å². The van der Waals surface area contributed by atoms with Crippen molar-refractivity contribution < 1.29 is 9.90 Å². The van der Waals surface area contributed by atoms with Crippen molar-refractivity contribution in [2.75, 3.05) is 5.32 Å². The molecule has 15 heavy (non-hydrogen) atoms. The normalized spacial score (nSPS) is 10.6. The van der Waals surface area contributed by atoms with E-state index in [1.165, 1.54) is 6.20 Å². The zero-order valence-electron chi connectivity index (χ0n) is 7.30. The molecule has 0 aliphatic rings. The number of anilines is 1. The summed E-state index contributed by atoms with van der Waals surface area (Å²) in [6.07, 6.45) is 2.21. The molecule has 0 fully saturated rings. The Morgan fingerprint density at radius 2 is 1.93 bits per heavy atom. The van der Waals surface area contributed by atoms with Gasteiger partial charge in [0.05, 0.1) is 15.7 Å². The smallest absolute Gasteiger partial charge is 0.329 e. The molecule has 3 nitrogen and oxygen atoms in total. The van der Waals surface area contributed by atoms with Gasteiger partial charge < -0.3 is 10.4 Å². The van der Waals surface area contributed by atoms with E-state index < -0.39 is 5.97 Å². The van der Waals surface area contributed by atoms with Crippen LogP contribution in [-0.2, 0) is 4.79 Å². The predicted octanol–water partition coefficient (Wildman–Crippen LogP) is 3.77. The fraction of sp³-hybridized carbons (Fsp3) is 0. The first-order chi connectivity index (χ1) is 7.00. The molecule has 1 rings (SSSR count). The third kappa shape index (κ3) is 3.74. The zero-order chi connectivity index (χ0) is 11.4. The Balaban J connectivity index is 2.90. The molecular weight excluding hydrogens is 305 g/mol. The van der Waals surface area contributed by atoms with Gasteiger partial charge >= 0.3 is 5.97 Å². The molecule has 0 saturated carbocycles. The standard InChI is InChI=1S/C9H6BrCl2NO2/c10-5-3-6(11)9(7(12)4-5)13-2-1-8(14)15/h1-4,13H,(H,14,15)/b2-1+. The Kier molecular flexibility index (Phi) is 4.45. The SMILES string of the molecule is O=C(O)/C=C/Nc1c(Cl)cc(Br)cc1Cl. The number of carbonyl (C=O) groups is 1. The number of carboxylic acid groups (broad SMARTS) is 1. The molecule has 1 aromatic rings. The lowest BCUT2D eigenvalue weighted by atomic mass is 10.3. The molecule has 80 valence electrons. The lowest BCUT2D eigenvalue weighted by Gasteiger charge is -2.06. The molecular formula is C9H6BrCl2NO2. The van der Waals surface area contributed by atoms with E-state index in [1.54, 1.807) is 12.1 Å². The summed E-state index contributed by atoms with van der Waals surface area (Å²) in [5, 5.41) is 11.9. The van der Waals surface area contributed by atoms with Crippen LogP contribution in [0.4, 0.5) is 5.69 Å². The van der Waals surface area contributed by atoms with Crippen LogP contribution in [0, 0.1) is 0 Å². The third-order valence-electron chi connectivity index (χ3n) is 1.46. The minimum atomic E-state index is -1.05. The maximum atomic E-state index is 10.2. The lowest BCUT2D eigenvalue weighted by molar-refractivity contribution is -0.131. The van der Waals surface area contributed by atoms with Crippen LogP contribution in [0.3, 0.4) is 0 Å². The minimum absolute atomic E-state index is 0.407. The number of hydrogen-bond donors (Lipinski definition) is 2. The monoisotopic (exact) mass is 309 g/mol. The highest BCUT2D eigenvalue weighted by molar-refractivity contribution is 9.10. The van der Waals surface area contributed by atoms with E-state index in [0.717, 1.165) is 10.5 Å². The van der Waals surface area contributed by atoms with E-state index in [4.69, 9.17) is 28.3 Å². The van der Waals surface area contributed by atoms with Crippen LogP contribution in [0.1, 0.15) is 0 Å². The first kappa shape index (κ1) is 12.4. The van der Waals surface area contributed by atoms with Crippen molar-refractivity contribution in [3.05, 3.63) is 38.9 Å². The molecule has 0 aliphatic carbocycles. The minimum Gasteiger partial charge on any atom is -0.478 e. The number of halogens is 3. The molecule has 6 heteroatoms. The molecule has 1 aromatic carbocycles. The Morgan fingerprint density at radius 1 is 1.40 bits per heavy atom. The second-order valence-electron chi connectivity index (χ2n) is 2.56. The van der Waals surface area contributed by atoms with Gasteiger partial charge in [-0.05, 0) is 12.1 Å². The van der Waals surface area contributed by atoms with Gasteiger partial charge in [0.15, 0.2) is 0 Å². The maximum Gasteiger partial charge on any atom is 0.329 e. The Labute approximate surface area is 105 Å². The van der Waals surface area contributed by atoms with Gasteiger partial charge in [0.25, 0.3) is 0 Å². The third-order valence-corrected chi connectivity index (χ3v) is 2.51. The number of hydrogen-bond acceptors (Lipinski definition) is 2. The van der Waals surface area contributed by atoms with Crippen LogP contribution in [0.15, 0.2) is 28.9 Å². The summed E-state index contributed by atoms with van der Waals surface area (Å²) >= 11 is 15.0. The van der Waals surface area contributed by atoms with Gasteiger partial charge in [0.2, 0.25) is 0 Å². The molecule has 2 N–H and O–H groups in total. The summed E-state index contributed by atoms with van der Waals surface area (Å²) in [7, 11) is 0. The van der Waals surface area contributed by atoms with E-state index in [0.29, 0.717) is 15.7 Å². The summed E-state index contributed by atoms with van der Waals surface area (Å²) in [6.45, 7) is 0. The summed E-state index contributed by atoms with van der Waals surface area (Å²) in [5.74, 6) is -1.05. The van der Waals surface area contributed by atoms with E-state index in [1.807, 2.05) is 0 Å². The molecule has 0 bridgehead atoms. The topological polar surface area (TPSA) is 49.3 Å². The molecule has 0 aliphatic heterocycles. The summed E-state index contributed by atoms with van der Waals surface area (Å²) in [4.78, 5) is 10.2. The molecule has 0 saturated heterocycles. The molecule has 0 heterocycles. The lowest BCUT2D eigenvalue weighted by Crippen LogP contribution is -1.93. The van der Waals surface area contributed by atoms with Crippen LogP contribution >= 0.6 is 39.1 Å². The molecule has 0 aromatic heterocycles. The first-order valence-corrected chi connectivity index (χ1v) is 5.36. The molecule has 0 amide bonds. The summed E-state index contributed by atoms with van der Waals surface area (Å²) in [5.41, 5.74) is 0.471. The van der Waals surface area contributed by atoms with Gasteiger partial charge in [-0.1, -0.05) is 39.1 Å². The zero-order valence-corrected chi connectivity index (χ0v) is 10.4. The van der Waals surface area contributed by atoms with Crippen LogP contribution in [0.5, 0.6) is 0 Å². The first-order valence-electron chi connectivity index (χ1n) is 3.81. The van der Waals surface area contributed by atoms with Crippen molar-refractivity contribution in [3.8, 4) is 0 Å². The second-order valence-corrected chi connectivity index (χ2v) is 4.29. The molecule has 0 spiro atoms. The second kappa shape index (κ2) is 5.39. The van der Waals surface area contributed by atoms with Crippen molar-refractivity contribution in [3.63, 3.8) is 0 Å². The predicted molar refractivity (Wildman–Crippen MR) is 64.6 cm³/mol. The van der Waals surface area contributed by atoms with Gasteiger partial charge in [0, 0.05) is 16.7 Å². The summed E-state index contributed by atoms with van der Waals surface area (Å²) in [6, 6.07) is 3.31. The van der Waals surface area contributed by atoms with E-state index in [-0.39, 0.29) is 0 Å². The average molecular weight is 311 g/mol. The van der Waals surface area contributed by atoms with E-state index >= 15 is 0 Å². The van der Waals surface area contributed by atoms with E-state index in [2.05, 4.69) is 21.2 Å². The summed E-state index contributed by atoms with van der Waals surface area (Å²) < 4.78 is 0.755. The largest absolute Gasteiger partial charge is 0.478 e. The quantitative estimate of drug-likeness (QED) is 0.836. The van der Waals surface area contributed by atoms with Crippen molar-refractivity contribution in [2.45, 2.75) is 0 Å². The fourth-order valence-corrected chi connectivity index (χ4v) is 2.19. The molecule has 0 unspecified atom stereocenters. The van der Waals surface area contributed by atoms with Crippen molar-refractivity contribution in [2.24, 2.45) is 0 Å². The number of nitrogens with one attached hydrogen (secondary N) is 1. The fourth-order valence-electron chi connectivity index (χ4n) is 0.876. The van der Waals surface area contributed by atoms with Crippen LogP contribution in [0.25, 0.3) is 0 Å². The molecule has 0 radical (unpaired) electrons. The van der Waals surface area contributed by atoms with Gasteiger partial charge in [0.1, 0.15) is 0 Å². The van der Waals surface area contributed by atoms with Gasteiger partial charge in [-0.2, -0.15) is 0 Å². The number of rotatable bonds is 3. The number of benzene rings is 1.